The first kappa shape index (κ1) is 20.9. The first-order valence-corrected chi connectivity index (χ1v) is 8.01. The number of hydrogen-bond acceptors (Lipinski definition) is 2. The number of carbonyl (C=O) groups excluding carboxylic acids is 1. The molecule has 0 fully saturated rings. The van der Waals surface area contributed by atoms with Crippen molar-refractivity contribution in [1.29, 1.82) is 0 Å². The molecule has 1 aromatic heterocycles. The van der Waals surface area contributed by atoms with E-state index in [2.05, 4.69) is 30.6 Å². The molecule has 4 nitrogen and oxygen atoms in total. The second-order valence-electron chi connectivity index (χ2n) is 5.57. The van der Waals surface area contributed by atoms with Crippen LogP contribution in [0.15, 0.2) is 30.9 Å². The van der Waals surface area contributed by atoms with E-state index in [1.54, 1.807) is 6.92 Å². The van der Waals surface area contributed by atoms with Crippen LogP contribution in [-0.2, 0) is 22.6 Å². The summed E-state index contributed by atoms with van der Waals surface area (Å²) >= 11 is 0. The van der Waals surface area contributed by atoms with E-state index < -0.39 is 0 Å². The van der Waals surface area contributed by atoms with Gasteiger partial charge in [-0.2, -0.15) is 0 Å². The van der Waals surface area contributed by atoms with Crippen LogP contribution >= 0.6 is 0 Å². The van der Waals surface area contributed by atoms with Gasteiger partial charge in [0.15, 0.2) is 0 Å². The summed E-state index contributed by atoms with van der Waals surface area (Å²) in [6.07, 6.45) is 14.0. The molecule has 1 rings (SSSR count). The van der Waals surface area contributed by atoms with Crippen LogP contribution in [0.2, 0.25) is 0 Å². The molecule has 126 valence electrons. The smallest absolute Gasteiger partial charge is 0.333 e. The average molecular weight is 373 g/mol. The molecule has 0 amide bonds. The lowest BCUT2D eigenvalue weighted by molar-refractivity contribution is -0.696. The summed E-state index contributed by atoms with van der Waals surface area (Å²) in [6, 6.07) is 0. The Hall–Kier alpha value is -1.10. The number of rotatable bonds is 11. The lowest BCUT2D eigenvalue weighted by atomic mass is 10.1. The fourth-order valence-corrected chi connectivity index (χ4v) is 2.14. The zero-order valence-corrected chi connectivity index (χ0v) is 15.5. The van der Waals surface area contributed by atoms with Crippen LogP contribution in [0.4, 0.5) is 0 Å². The highest BCUT2D eigenvalue weighted by Gasteiger charge is 2.06. The molecule has 0 radical (unpaired) electrons. The maximum absolute atomic E-state index is 11.3. The summed E-state index contributed by atoms with van der Waals surface area (Å²) in [4.78, 5) is 11.3. The standard InChI is InChI=1S/C17H29N2O2.BrH/c1-4-5-6-7-8-9-10-18-11-12-19(15-18)13-14-21-17(20)16(2)3;/h11-12,15H,2,4-10,13-14H2,1,3H3;1H/q+1;/p-1. The predicted octanol–water partition coefficient (Wildman–Crippen LogP) is 0.259. The molecule has 0 aliphatic carbocycles. The molecule has 5 heteroatoms. The fraction of sp³-hybridized carbons (Fsp3) is 0.647. The molecule has 0 bridgehead atoms. The van der Waals surface area contributed by atoms with Gasteiger partial charge in [0, 0.05) is 5.57 Å². The number of esters is 1. The molecular formula is C17H29BrN2O2. The van der Waals surface area contributed by atoms with Gasteiger partial charge in [-0.3, -0.25) is 0 Å². The van der Waals surface area contributed by atoms with Crippen LogP contribution in [0.1, 0.15) is 52.4 Å². The average Bonchev–Trinajstić information content (AvgIpc) is 2.90. The summed E-state index contributed by atoms with van der Waals surface area (Å²) in [5.74, 6) is -0.317. The Morgan fingerprint density at radius 1 is 1.23 bits per heavy atom. The zero-order valence-electron chi connectivity index (χ0n) is 13.9. The highest BCUT2D eigenvalue weighted by atomic mass is 79.9. The number of aryl methyl sites for hydroxylation is 1. The minimum Gasteiger partial charge on any atom is -1.00 e. The van der Waals surface area contributed by atoms with Crippen molar-refractivity contribution < 1.29 is 31.1 Å². The molecule has 1 aromatic rings. The van der Waals surface area contributed by atoms with Crippen molar-refractivity contribution in [2.45, 2.75) is 65.5 Å². The summed E-state index contributed by atoms with van der Waals surface area (Å²) in [6.45, 7) is 9.59. The van der Waals surface area contributed by atoms with Crippen LogP contribution in [0.3, 0.4) is 0 Å². The molecule has 0 N–H and O–H groups in total. The summed E-state index contributed by atoms with van der Waals surface area (Å²) < 4.78 is 9.32. The molecule has 0 aliphatic heterocycles. The van der Waals surface area contributed by atoms with E-state index in [9.17, 15) is 4.79 Å². The number of nitrogens with zero attached hydrogens (tertiary/aromatic N) is 2. The largest absolute Gasteiger partial charge is 1.00 e. The Labute approximate surface area is 144 Å². The maximum Gasteiger partial charge on any atom is 0.333 e. The molecule has 0 unspecified atom stereocenters. The van der Waals surface area contributed by atoms with Crippen LogP contribution < -0.4 is 21.5 Å². The number of imidazole rings is 1. The maximum atomic E-state index is 11.3. The van der Waals surface area contributed by atoms with E-state index in [-0.39, 0.29) is 23.0 Å². The van der Waals surface area contributed by atoms with Crippen molar-refractivity contribution in [3.8, 4) is 0 Å². The van der Waals surface area contributed by atoms with Crippen LogP contribution in [0.25, 0.3) is 0 Å². The van der Waals surface area contributed by atoms with Gasteiger partial charge in [0.1, 0.15) is 25.5 Å². The second-order valence-corrected chi connectivity index (χ2v) is 5.57. The first-order chi connectivity index (χ1) is 10.1. The minimum atomic E-state index is -0.317. The van der Waals surface area contributed by atoms with Gasteiger partial charge >= 0.3 is 5.97 Å². The fourth-order valence-electron chi connectivity index (χ4n) is 2.14. The van der Waals surface area contributed by atoms with Gasteiger partial charge in [0.25, 0.3) is 0 Å². The van der Waals surface area contributed by atoms with E-state index in [4.69, 9.17) is 4.74 Å². The monoisotopic (exact) mass is 372 g/mol. The molecule has 0 saturated heterocycles. The quantitative estimate of drug-likeness (QED) is 0.241. The predicted molar refractivity (Wildman–Crippen MR) is 83.8 cm³/mol. The summed E-state index contributed by atoms with van der Waals surface area (Å²) in [5, 5.41) is 0. The van der Waals surface area contributed by atoms with Crippen molar-refractivity contribution in [2.75, 3.05) is 6.61 Å². The van der Waals surface area contributed by atoms with Crippen molar-refractivity contribution in [3.63, 3.8) is 0 Å². The van der Waals surface area contributed by atoms with Crippen molar-refractivity contribution >= 4 is 5.97 Å². The lowest BCUT2D eigenvalue weighted by Gasteiger charge is -2.01. The normalized spacial score (nSPS) is 10.1. The molecule has 0 aromatic carbocycles. The van der Waals surface area contributed by atoms with Crippen molar-refractivity contribution in [1.82, 2.24) is 4.57 Å². The number of ether oxygens (including phenoxy) is 1. The Bertz CT molecular complexity index is 444. The van der Waals surface area contributed by atoms with Gasteiger partial charge < -0.3 is 21.7 Å². The molecule has 1 heterocycles. The number of unbranched alkanes of at least 4 members (excludes halogenated alkanes) is 5. The van der Waals surface area contributed by atoms with Crippen LogP contribution in [0, 0.1) is 0 Å². The van der Waals surface area contributed by atoms with E-state index in [1.807, 2.05) is 10.8 Å². The molecule has 22 heavy (non-hydrogen) atoms. The third-order valence-corrected chi connectivity index (χ3v) is 3.45. The van der Waals surface area contributed by atoms with Crippen LogP contribution in [-0.4, -0.2) is 17.1 Å². The number of carbonyl (C=O) groups is 1. The molecule has 0 atom stereocenters. The van der Waals surface area contributed by atoms with Crippen LogP contribution in [0.5, 0.6) is 0 Å². The Morgan fingerprint density at radius 3 is 2.59 bits per heavy atom. The van der Waals surface area contributed by atoms with Gasteiger partial charge in [-0.15, -0.1) is 0 Å². The van der Waals surface area contributed by atoms with Gasteiger partial charge in [-0.05, 0) is 19.8 Å². The van der Waals surface area contributed by atoms with E-state index in [1.165, 1.54) is 38.5 Å². The van der Waals surface area contributed by atoms with Crippen molar-refractivity contribution in [2.24, 2.45) is 0 Å². The first-order valence-electron chi connectivity index (χ1n) is 8.01. The molecule has 0 spiro atoms. The van der Waals surface area contributed by atoms with Gasteiger partial charge in [-0.1, -0.05) is 39.2 Å². The number of halogens is 1. The summed E-state index contributed by atoms with van der Waals surface area (Å²) in [5.41, 5.74) is 0.445. The minimum absolute atomic E-state index is 0. The third kappa shape index (κ3) is 9.03. The number of aromatic nitrogens is 2. The Balaban J connectivity index is 0.00000441. The van der Waals surface area contributed by atoms with E-state index in [0.717, 1.165) is 6.54 Å². The van der Waals surface area contributed by atoms with Gasteiger partial charge in [0.2, 0.25) is 6.33 Å². The number of hydrogen-bond donors (Lipinski definition) is 0. The van der Waals surface area contributed by atoms with Crippen molar-refractivity contribution in [3.05, 3.63) is 30.9 Å². The van der Waals surface area contributed by atoms with Gasteiger partial charge in [0.05, 0.1) is 6.54 Å². The Morgan fingerprint density at radius 2 is 1.91 bits per heavy atom. The second kappa shape index (κ2) is 12.4. The highest BCUT2D eigenvalue weighted by Crippen LogP contribution is 2.04. The van der Waals surface area contributed by atoms with Gasteiger partial charge in [-0.25, -0.2) is 13.9 Å². The summed E-state index contributed by atoms with van der Waals surface area (Å²) in [7, 11) is 0. The SMILES string of the molecule is C=C(C)C(=O)OCCn1cc[n+](CCCCCCCC)c1.[Br-]. The Kier molecular flexibility index (Phi) is 11.8. The third-order valence-electron chi connectivity index (χ3n) is 3.45. The zero-order chi connectivity index (χ0) is 15.5. The topological polar surface area (TPSA) is 35.1 Å². The lowest BCUT2D eigenvalue weighted by Crippen LogP contribution is -3.00. The molecule has 0 saturated carbocycles. The van der Waals surface area contributed by atoms with E-state index >= 15 is 0 Å². The highest BCUT2D eigenvalue weighted by molar-refractivity contribution is 5.86. The molecular weight excluding hydrogens is 344 g/mol. The van der Waals surface area contributed by atoms with E-state index in [0.29, 0.717) is 18.7 Å². The molecule has 0 aliphatic rings.